The molecule has 0 saturated heterocycles. The fourth-order valence-corrected chi connectivity index (χ4v) is 2.10. The number of non-ortho nitro benzene ring substituents is 1. The molecule has 0 fully saturated rings. The molecule has 0 spiro atoms. The molecule has 0 bridgehead atoms. The number of carbonyl (C=O) groups is 1. The zero-order chi connectivity index (χ0) is 15.4. The minimum absolute atomic E-state index is 0.0230. The van der Waals surface area contributed by atoms with E-state index < -0.39 is 4.92 Å². The van der Waals surface area contributed by atoms with Crippen molar-refractivity contribution in [3.63, 3.8) is 0 Å². The van der Waals surface area contributed by atoms with Crippen LogP contribution < -0.4 is 4.90 Å². The standard InChI is InChI=1S/C16H16N2O3/c1-12(13-8-10-15(11-9-13)18(20)21)16(19)17(2)14-6-4-3-5-7-14/h3-12H,1-2H3/t12-/m1/s1. The summed E-state index contributed by atoms with van der Waals surface area (Å²) >= 11 is 0. The van der Waals surface area contributed by atoms with Crippen LogP contribution >= 0.6 is 0 Å². The van der Waals surface area contributed by atoms with Crippen molar-refractivity contribution in [3.05, 3.63) is 70.3 Å². The fraction of sp³-hybridized carbons (Fsp3) is 0.188. The number of rotatable bonds is 4. The van der Waals surface area contributed by atoms with Gasteiger partial charge in [0.05, 0.1) is 10.8 Å². The van der Waals surface area contributed by atoms with Crippen LogP contribution in [0.5, 0.6) is 0 Å². The van der Waals surface area contributed by atoms with Gasteiger partial charge in [-0.1, -0.05) is 30.3 Å². The van der Waals surface area contributed by atoms with Gasteiger partial charge in [-0.3, -0.25) is 14.9 Å². The summed E-state index contributed by atoms with van der Waals surface area (Å²) in [5.74, 6) is -0.425. The molecule has 1 amide bonds. The molecule has 21 heavy (non-hydrogen) atoms. The van der Waals surface area contributed by atoms with E-state index in [1.165, 1.54) is 12.1 Å². The van der Waals surface area contributed by atoms with E-state index in [-0.39, 0.29) is 17.5 Å². The minimum atomic E-state index is -0.452. The van der Waals surface area contributed by atoms with Gasteiger partial charge in [-0.05, 0) is 24.6 Å². The highest BCUT2D eigenvalue weighted by molar-refractivity contribution is 5.97. The summed E-state index contributed by atoms with van der Waals surface area (Å²) in [5, 5.41) is 10.6. The van der Waals surface area contributed by atoms with Gasteiger partial charge in [-0.15, -0.1) is 0 Å². The van der Waals surface area contributed by atoms with Crippen molar-refractivity contribution < 1.29 is 9.72 Å². The van der Waals surface area contributed by atoms with Crippen molar-refractivity contribution in [2.45, 2.75) is 12.8 Å². The number of likely N-dealkylation sites (N-methyl/N-ethyl adjacent to an activating group) is 1. The molecule has 2 aromatic rings. The highest BCUT2D eigenvalue weighted by Crippen LogP contribution is 2.23. The van der Waals surface area contributed by atoms with Crippen LogP contribution in [0.15, 0.2) is 54.6 Å². The molecule has 2 aromatic carbocycles. The van der Waals surface area contributed by atoms with Crippen molar-refractivity contribution >= 4 is 17.3 Å². The van der Waals surface area contributed by atoms with Gasteiger partial charge in [0.15, 0.2) is 0 Å². The third-order valence-corrected chi connectivity index (χ3v) is 3.45. The smallest absolute Gasteiger partial charge is 0.269 e. The van der Waals surface area contributed by atoms with Crippen molar-refractivity contribution in [2.24, 2.45) is 0 Å². The van der Waals surface area contributed by atoms with Gasteiger partial charge < -0.3 is 4.90 Å². The fourth-order valence-electron chi connectivity index (χ4n) is 2.10. The second-order valence-electron chi connectivity index (χ2n) is 4.80. The summed E-state index contributed by atoms with van der Waals surface area (Å²) in [7, 11) is 1.72. The van der Waals surface area contributed by atoms with Gasteiger partial charge in [-0.2, -0.15) is 0 Å². The Morgan fingerprint density at radius 3 is 2.19 bits per heavy atom. The molecular weight excluding hydrogens is 268 g/mol. The Hall–Kier alpha value is -2.69. The maximum atomic E-state index is 12.5. The first-order valence-corrected chi connectivity index (χ1v) is 6.57. The quantitative estimate of drug-likeness (QED) is 0.638. The van der Waals surface area contributed by atoms with Crippen LogP contribution in [0.1, 0.15) is 18.4 Å². The molecule has 0 aromatic heterocycles. The van der Waals surface area contributed by atoms with Crippen molar-refractivity contribution in [2.75, 3.05) is 11.9 Å². The van der Waals surface area contributed by atoms with Gasteiger partial charge in [-0.25, -0.2) is 0 Å². The number of nitro benzene ring substituents is 1. The largest absolute Gasteiger partial charge is 0.315 e. The Labute approximate surface area is 123 Å². The van der Waals surface area contributed by atoms with Crippen molar-refractivity contribution in [1.29, 1.82) is 0 Å². The lowest BCUT2D eigenvalue weighted by molar-refractivity contribution is -0.384. The first kappa shape index (κ1) is 14.7. The van der Waals surface area contributed by atoms with Crippen LogP contribution in [0.25, 0.3) is 0 Å². The van der Waals surface area contributed by atoms with E-state index in [1.54, 1.807) is 31.0 Å². The van der Waals surface area contributed by atoms with Gasteiger partial charge in [0, 0.05) is 24.9 Å². The Bertz CT molecular complexity index is 638. The molecule has 5 heteroatoms. The first-order valence-electron chi connectivity index (χ1n) is 6.57. The van der Waals surface area contributed by atoms with Gasteiger partial charge in [0.2, 0.25) is 5.91 Å². The molecule has 5 nitrogen and oxygen atoms in total. The molecule has 0 aliphatic heterocycles. The number of nitro groups is 1. The molecule has 0 radical (unpaired) electrons. The van der Waals surface area contributed by atoms with E-state index >= 15 is 0 Å². The van der Waals surface area contributed by atoms with Crippen LogP contribution in [-0.4, -0.2) is 17.9 Å². The SMILES string of the molecule is C[C@@H](C(=O)N(C)c1ccccc1)c1ccc([N+](=O)[O-])cc1. The second kappa shape index (κ2) is 6.17. The summed E-state index contributed by atoms with van der Waals surface area (Å²) in [6, 6.07) is 15.4. The number of para-hydroxylation sites is 1. The Morgan fingerprint density at radius 2 is 1.67 bits per heavy atom. The molecular formula is C16H16N2O3. The van der Waals surface area contributed by atoms with E-state index in [1.807, 2.05) is 30.3 Å². The first-order chi connectivity index (χ1) is 10.0. The molecule has 0 saturated carbocycles. The summed E-state index contributed by atoms with van der Waals surface area (Å²) in [6.07, 6.45) is 0. The number of hydrogen-bond donors (Lipinski definition) is 0. The number of anilines is 1. The van der Waals surface area contributed by atoms with E-state index in [9.17, 15) is 14.9 Å². The lowest BCUT2D eigenvalue weighted by Crippen LogP contribution is -2.30. The van der Waals surface area contributed by atoms with E-state index in [2.05, 4.69) is 0 Å². The number of hydrogen-bond acceptors (Lipinski definition) is 3. The van der Waals surface area contributed by atoms with E-state index in [0.29, 0.717) is 0 Å². The van der Waals surface area contributed by atoms with Crippen LogP contribution in [0.2, 0.25) is 0 Å². The molecule has 108 valence electrons. The molecule has 0 aliphatic carbocycles. The molecule has 1 atom stereocenters. The lowest BCUT2D eigenvalue weighted by atomic mass is 9.99. The number of carbonyl (C=O) groups excluding carboxylic acids is 1. The average molecular weight is 284 g/mol. The van der Waals surface area contributed by atoms with Crippen LogP contribution in [0.3, 0.4) is 0 Å². The lowest BCUT2D eigenvalue weighted by Gasteiger charge is -2.21. The van der Waals surface area contributed by atoms with Crippen LogP contribution in [0, 0.1) is 10.1 Å². The topological polar surface area (TPSA) is 63.5 Å². The van der Waals surface area contributed by atoms with Crippen molar-refractivity contribution in [1.82, 2.24) is 0 Å². The zero-order valence-corrected chi connectivity index (χ0v) is 11.9. The third-order valence-electron chi connectivity index (χ3n) is 3.45. The maximum absolute atomic E-state index is 12.5. The molecule has 0 heterocycles. The summed E-state index contributed by atoms with van der Waals surface area (Å²) in [4.78, 5) is 24.2. The highest BCUT2D eigenvalue weighted by atomic mass is 16.6. The van der Waals surface area contributed by atoms with Crippen molar-refractivity contribution in [3.8, 4) is 0 Å². The summed E-state index contributed by atoms with van der Waals surface area (Å²) < 4.78 is 0. The second-order valence-corrected chi connectivity index (χ2v) is 4.80. The molecule has 2 rings (SSSR count). The Morgan fingerprint density at radius 1 is 1.10 bits per heavy atom. The Kier molecular flexibility index (Phi) is 4.33. The molecule has 0 N–H and O–H groups in total. The van der Waals surface area contributed by atoms with Crippen LogP contribution in [0.4, 0.5) is 11.4 Å². The number of nitrogens with zero attached hydrogens (tertiary/aromatic N) is 2. The molecule has 0 aliphatic rings. The van der Waals surface area contributed by atoms with Crippen LogP contribution in [-0.2, 0) is 4.79 Å². The highest BCUT2D eigenvalue weighted by Gasteiger charge is 2.20. The van der Waals surface area contributed by atoms with Gasteiger partial charge in [0.1, 0.15) is 0 Å². The maximum Gasteiger partial charge on any atom is 0.269 e. The number of amides is 1. The van der Waals surface area contributed by atoms with E-state index in [4.69, 9.17) is 0 Å². The van der Waals surface area contributed by atoms with E-state index in [0.717, 1.165) is 11.3 Å². The predicted octanol–water partition coefficient (Wildman–Crippen LogP) is 3.36. The third kappa shape index (κ3) is 3.25. The number of benzene rings is 2. The normalized spacial score (nSPS) is 11.7. The predicted molar refractivity (Wildman–Crippen MR) is 81.4 cm³/mol. The van der Waals surface area contributed by atoms with Gasteiger partial charge >= 0.3 is 0 Å². The van der Waals surface area contributed by atoms with Gasteiger partial charge in [0.25, 0.3) is 5.69 Å². The monoisotopic (exact) mass is 284 g/mol. The Balaban J connectivity index is 2.17. The summed E-state index contributed by atoms with van der Waals surface area (Å²) in [5.41, 5.74) is 1.60. The average Bonchev–Trinajstić information content (AvgIpc) is 2.53. The summed E-state index contributed by atoms with van der Waals surface area (Å²) in [6.45, 7) is 1.79. The zero-order valence-electron chi connectivity index (χ0n) is 11.9. The molecule has 0 unspecified atom stereocenters. The minimum Gasteiger partial charge on any atom is -0.315 e.